The van der Waals surface area contributed by atoms with E-state index in [0.29, 0.717) is 5.56 Å². The van der Waals surface area contributed by atoms with Crippen molar-refractivity contribution >= 4 is 5.97 Å². The van der Waals surface area contributed by atoms with Gasteiger partial charge in [0.1, 0.15) is 6.04 Å². The van der Waals surface area contributed by atoms with Crippen molar-refractivity contribution in [2.75, 3.05) is 13.7 Å². The smallest absolute Gasteiger partial charge is 0.323 e. The number of carbonyl (C=O) groups is 1. The van der Waals surface area contributed by atoms with E-state index in [9.17, 15) is 10.1 Å². The number of benzene rings is 1. The molecule has 4 rings (SSSR count). The van der Waals surface area contributed by atoms with Crippen molar-refractivity contribution in [2.24, 2.45) is 0 Å². The number of nitriles is 1. The van der Waals surface area contributed by atoms with Gasteiger partial charge >= 0.3 is 5.97 Å². The van der Waals surface area contributed by atoms with Crippen LogP contribution in [0.5, 0.6) is 0 Å². The number of carbonyl (C=O) groups excluding carboxylic acids is 1. The predicted octanol–water partition coefficient (Wildman–Crippen LogP) is 3.86. The molecule has 0 aliphatic carbocycles. The lowest BCUT2D eigenvalue weighted by atomic mass is 9.81. The third-order valence-electron chi connectivity index (χ3n) is 5.88. The summed E-state index contributed by atoms with van der Waals surface area (Å²) in [7, 11) is 1.43. The topological polar surface area (TPSA) is 79.1 Å². The van der Waals surface area contributed by atoms with Crippen LogP contribution in [0.15, 0.2) is 73.3 Å². The first kappa shape index (κ1) is 20.7. The molecule has 2 unspecified atom stereocenters. The highest BCUT2D eigenvalue weighted by atomic mass is 16.5. The number of likely N-dealkylation sites (tertiary alicyclic amines) is 1. The summed E-state index contributed by atoms with van der Waals surface area (Å²) in [5.41, 5.74) is 3.62. The minimum Gasteiger partial charge on any atom is -0.468 e. The van der Waals surface area contributed by atoms with Crippen LogP contribution in [0.3, 0.4) is 0 Å². The van der Waals surface area contributed by atoms with Crippen molar-refractivity contribution < 1.29 is 9.53 Å². The van der Waals surface area contributed by atoms with Crippen molar-refractivity contribution in [3.63, 3.8) is 0 Å². The molecule has 0 bridgehead atoms. The van der Waals surface area contributed by atoms with Crippen molar-refractivity contribution in [3.8, 4) is 6.07 Å². The van der Waals surface area contributed by atoms with E-state index in [1.165, 1.54) is 7.11 Å². The molecule has 156 valence electrons. The molecule has 6 heteroatoms. The molecule has 3 heterocycles. The maximum Gasteiger partial charge on any atom is 0.323 e. The number of ether oxygens (including phenoxy) is 1. The molecule has 2 atom stereocenters. The fraction of sp³-hybridized carbons (Fsp3) is 0.280. The van der Waals surface area contributed by atoms with Crippen LogP contribution < -0.4 is 0 Å². The molecule has 0 radical (unpaired) electrons. The number of hydrogen-bond acceptors (Lipinski definition) is 6. The zero-order valence-electron chi connectivity index (χ0n) is 17.4. The number of pyridine rings is 2. The molecule has 1 aliphatic heterocycles. The fourth-order valence-corrected chi connectivity index (χ4v) is 4.56. The van der Waals surface area contributed by atoms with E-state index in [1.807, 2.05) is 42.7 Å². The highest BCUT2D eigenvalue weighted by Crippen LogP contribution is 2.43. The molecule has 0 spiro atoms. The molecule has 0 saturated carbocycles. The maximum absolute atomic E-state index is 12.6. The number of hydrogen-bond donors (Lipinski definition) is 0. The Kier molecular flexibility index (Phi) is 6.34. The Morgan fingerprint density at radius 1 is 1.10 bits per heavy atom. The van der Waals surface area contributed by atoms with E-state index in [-0.39, 0.29) is 24.0 Å². The minimum absolute atomic E-state index is 0.124. The van der Waals surface area contributed by atoms with Gasteiger partial charge in [-0.1, -0.05) is 24.3 Å². The van der Waals surface area contributed by atoms with Gasteiger partial charge in [0.15, 0.2) is 0 Å². The predicted molar refractivity (Wildman–Crippen MR) is 116 cm³/mol. The first-order chi connectivity index (χ1) is 15.2. The fourth-order valence-electron chi connectivity index (χ4n) is 4.56. The molecular weight excluding hydrogens is 388 g/mol. The zero-order chi connectivity index (χ0) is 21.6. The quantitative estimate of drug-likeness (QED) is 0.572. The lowest BCUT2D eigenvalue weighted by Crippen LogP contribution is -2.42. The highest BCUT2D eigenvalue weighted by Gasteiger charge is 2.41. The van der Waals surface area contributed by atoms with Gasteiger partial charge in [0, 0.05) is 36.7 Å². The van der Waals surface area contributed by atoms with Crippen molar-refractivity contribution in [1.82, 2.24) is 14.9 Å². The SMILES string of the molecule is COC(=O)C1CCCN1C(c1cccc(C#N)c1)C(c1cccnc1)c1cccnc1. The first-order valence-electron chi connectivity index (χ1n) is 10.4. The van der Waals surface area contributed by atoms with E-state index in [2.05, 4.69) is 33.1 Å². The van der Waals surface area contributed by atoms with Crippen LogP contribution in [0.25, 0.3) is 0 Å². The Morgan fingerprint density at radius 2 is 1.77 bits per heavy atom. The second-order valence-electron chi connectivity index (χ2n) is 7.65. The molecule has 0 amide bonds. The molecule has 2 aromatic heterocycles. The van der Waals surface area contributed by atoms with Crippen molar-refractivity contribution in [2.45, 2.75) is 30.8 Å². The van der Waals surface area contributed by atoms with Crippen LogP contribution in [0, 0.1) is 11.3 Å². The molecule has 1 fully saturated rings. The Labute approximate surface area is 182 Å². The number of aromatic nitrogens is 2. The van der Waals surface area contributed by atoms with Gasteiger partial charge in [0.25, 0.3) is 0 Å². The van der Waals surface area contributed by atoms with Gasteiger partial charge in [-0.15, -0.1) is 0 Å². The summed E-state index contributed by atoms with van der Waals surface area (Å²) in [6.07, 6.45) is 8.88. The first-order valence-corrected chi connectivity index (χ1v) is 10.4. The third kappa shape index (κ3) is 4.32. The monoisotopic (exact) mass is 412 g/mol. The van der Waals surface area contributed by atoms with E-state index in [1.54, 1.807) is 18.5 Å². The van der Waals surface area contributed by atoms with E-state index < -0.39 is 0 Å². The Balaban J connectivity index is 1.91. The number of methoxy groups -OCH3 is 1. The van der Waals surface area contributed by atoms with Crippen LogP contribution in [0.4, 0.5) is 0 Å². The molecule has 3 aromatic rings. The average Bonchev–Trinajstić information content (AvgIpc) is 3.32. The number of rotatable bonds is 6. The lowest BCUT2D eigenvalue weighted by Gasteiger charge is -2.38. The average molecular weight is 412 g/mol. The third-order valence-corrected chi connectivity index (χ3v) is 5.88. The summed E-state index contributed by atoms with van der Waals surface area (Å²) in [5.74, 6) is -0.350. The normalized spacial score (nSPS) is 17.3. The maximum atomic E-state index is 12.6. The van der Waals surface area contributed by atoms with Crippen LogP contribution in [0.1, 0.15) is 47.1 Å². The highest BCUT2D eigenvalue weighted by molar-refractivity contribution is 5.76. The zero-order valence-corrected chi connectivity index (χ0v) is 17.4. The van der Waals surface area contributed by atoms with Crippen LogP contribution >= 0.6 is 0 Å². The molecule has 0 N–H and O–H groups in total. The van der Waals surface area contributed by atoms with Gasteiger partial charge in [-0.05, 0) is 60.3 Å². The summed E-state index contributed by atoms with van der Waals surface area (Å²) in [5, 5.41) is 9.50. The minimum atomic E-state index is -0.336. The molecule has 1 saturated heterocycles. The van der Waals surface area contributed by atoms with Crippen LogP contribution in [-0.2, 0) is 9.53 Å². The summed E-state index contributed by atoms with van der Waals surface area (Å²) in [6, 6.07) is 17.3. The van der Waals surface area contributed by atoms with Gasteiger partial charge in [-0.3, -0.25) is 19.7 Å². The summed E-state index contributed by atoms with van der Waals surface area (Å²) in [6.45, 7) is 0.762. The van der Waals surface area contributed by atoms with Crippen molar-refractivity contribution in [3.05, 3.63) is 95.6 Å². The molecular formula is C25H24N4O2. The van der Waals surface area contributed by atoms with Gasteiger partial charge in [0.05, 0.1) is 18.7 Å². The molecule has 1 aromatic carbocycles. The standard InChI is InChI=1S/C25H24N4O2/c1-31-25(30)22-10-5-13-29(22)24(19-7-2-6-18(14-19)15-26)23(20-8-3-11-27-16-20)21-9-4-12-28-17-21/h2-4,6-9,11-12,14,16-17,22-24H,5,10,13H2,1H3. The van der Waals surface area contributed by atoms with E-state index >= 15 is 0 Å². The lowest BCUT2D eigenvalue weighted by molar-refractivity contribution is -0.146. The summed E-state index contributed by atoms with van der Waals surface area (Å²) >= 11 is 0. The number of esters is 1. The van der Waals surface area contributed by atoms with Crippen LogP contribution in [0.2, 0.25) is 0 Å². The largest absolute Gasteiger partial charge is 0.468 e. The van der Waals surface area contributed by atoms with Gasteiger partial charge in [-0.25, -0.2) is 0 Å². The molecule has 6 nitrogen and oxygen atoms in total. The van der Waals surface area contributed by atoms with Gasteiger partial charge < -0.3 is 4.74 Å². The van der Waals surface area contributed by atoms with Crippen molar-refractivity contribution in [1.29, 1.82) is 5.26 Å². The molecule has 31 heavy (non-hydrogen) atoms. The Morgan fingerprint density at radius 3 is 2.35 bits per heavy atom. The second kappa shape index (κ2) is 9.50. The van der Waals surface area contributed by atoms with E-state index in [4.69, 9.17) is 4.74 Å². The van der Waals surface area contributed by atoms with Crippen LogP contribution in [-0.4, -0.2) is 40.5 Å². The van der Waals surface area contributed by atoms with Gasteiger partial charge in [0.2, 0.25) is 0 Å². The Bertz CT molecular complexity index is 1030. The Hall–Kier alpha value is -3.56. The summed E-state index contributed by atoms with van der Waals surface area (Å²) in [4.78, 5) is 23.6. The summed E-state index contributed by atoms with van der Waals surface area (Å²) < 4.78 is 5.13. The van der Waals surface area contributed by atoms with Gasteiger partial charge in [-0.2, -0.15) is 5.26 Å². The number of nitrogens with zero attached hydrogens (tertiary/aromatic N) is 4. The molecule has 1 aliphatic rings. The second-order valence-corrected chi connectivity index (χ2v) is 7.65. The van der Waals surface area contributed by atoms with E-state index in [0.717, 1.165) is 36.1 Å².